The smallest absolute Gasteiger partial charge is 0.237 e. The fourth-order valence-electron chi connectivity index (χ4n) is 0.0572. The summed E-state index contributed by atoms with van der Waals surface area (Å²) in [6.45, 7) is 0. The molecule has 4 nitrogen and oxygen atoms in total. The summed E-state index contributed by atoms with van der Waals surface area (Å²) in [6.07, 6.45) is 0.551. The van der Waals surface area contributed by atoms with E-state index in [4.69, 9.17) is 0 Å². The van der Waals surface area contributed by atoms with Crippen LogP contribution in [0.5, 0.6) is 0 Å². The lowest BCUT2D eigenvalue weighted by atomic mass is 11.6. The van der Waals surface area contributed by atoms with E-state index in [0.717, 1.165) is 0 Å². The highest BCUT2D eigenvalue weighted by atomic mass is 32.2. The molecule has 0 saturated heterocycles. The van der Waals surface area contributed by atoms with Gasteiger partial charge in [-0.2, -0.15) is 0 Å². The highest BCUT2D eigenvalue weighted by Gasteiger charge is 2.17. The van der Waals surface area contributed by atoms with Gasteiger partial charge in [-0.1, -0.05) is 0 Å². The van der Waals surface area contributed by atoms with E-state index in [2.05, 4.69) is 4.94 Å². The average molecular weight is 142 g/mol. The Morgan fingerprint density at radius 1 is 1.62 bits per heavy atom. The van der Waals surface area contributed by atoms with Gasteiger partial charge in [-0.3, -0.25) is 0 Å². The third-order valence-electron chi connectivity index (χ3n) is 0.366. The van der Waals surface area contributed by atoms with E-state index >= 15 is 0 Å². The van der Waals surface area contributed by atoms with Crippen molar-refractivity contribution in [2.45, 2.75) is 0 Å². The zero-order valence-electron chi connectivity index (χ0n) is 3.92. The molecule has 0 radical (unpaired) electrons. The molecule has 6 heteroatoms. The number of halogens is 1. The molecule has 0 atom stereocenters. The SMILES string of the molecule is CS(=O)(=O)C(=O)OF. The quantitative estimate of drug-likeness (QED) is 0.479. The summed E-state index contributed by atoms with van der Waals surface area (Å²) in [5.41, 5.74) is 0. The molecule has 0 bridgehead atoms. The molecule has 0 aliphatic rings. The largest absolute Gasteiger partial charge is 0.462 e. The maximum Gasteiger partial charge on any atom is 0.462 e. The van der Waals surface area contributed by atoms with Gasteiger partial charge in [0.1, 0.15) is 0 Å². The Morgan fingerprint density at radius 2 is 2.00 bits per heavy atom. The van der Waals surface area contributed by atoms with Crippen LogP contribution < -0.4 is 0 Å². The maximum absolute atomic E-state index is 10.7. The van der Waals surface area contributed by atoms with Gasteiger partial charge in [0.25, 0.3) is 9.84 Å². The Bertz CT molecular complexity index is 180. The van der Waals surface area contributed by atoms with Crippen LogP contribution in [0.1, 0.15) is 0 Å². The van der Waals surface area contributed by atoms with E-state index in [1.54, 1.807) is 0 Å². The van der Waals surface area contributed by atoms with Gasteiger partial charge in [-0.05, 0) is 0 Å². The normalized spacial score (nSPS) is 10.8. The van der Waals surface area contributed by atoms with Gasteiger partial charge in [-0.25, -0.2) is 18.2 Å². The maximum atomic E-state index is 10.7. The minimum absolute atomic E-state index is 0.551. The summed E-state index contributed by atoms with van der Waals surface area (Å²) in [5.74, 6) is 0. The molecule has 0 heterocycles. The van der Waals surface area contributed by atoms with Crippen molar-refractivity contribution >= 4 is 15.1 Å². The Kier molecular flexibility index (Phi) is 1.91. The monoisotopic (exact) mass is 142 g/mol. The number of hydrogen-bond donors (Lipinski definition) is 0. The first-order valence-corrected chi connectivity index (χ1v) is 3.40. The summed E-state index contributed by atoms with van der Waals surface area (Å²) >= 11 is 0. The van der Waals surface area contributed by atoms with Gasteiger partial charge in [0, 0.05) is 4.53 Å². The summed E-state index contributed by atoms with van der Waals surface area (Å²) in [4.78, 5) is 12.0. The number of rotatable bonds is 0. The fourth-order valence-corrected chi connectivity index (χ4v) is 0.172. The predicted octanol–water partition coefficient (Wildman–Crippen LogP) is 0.0521. The van der Waals surface area contributed by atoms with E-state index in [1.165, 1.54) is 0 Å². The summed E-state index contributed by atoms with van der Waals surface area (Å²) in [7, 11) is -3.99. The number of carbonyl (C=O) groups excluding carboxylic acids is 1. The van der Waals surface area contributed by atoms with Crippen LogP contribution in [0.2, 0.25) is 0 Å². The molecular formula is C2H3FO4S. The Morgan fingerprint density at radius 3 is 2.00 bits per heavy atom. The van der Waals surface area contributed by atoms with Crippen LogP contribution in [0.25, 0.3) is 0 Å². The van der Waals surface area contributed by atoms with E-state index in [9.17, 15) is 17.7 Å². The highest BCUT2D eigenvalue weighted by molar-refractivity contribution is 8.05. The Balaban J connectivity index is 4.29. The first-order chi connectivity index (χ1) is 3.48. The molecule has 0 aromatic heterocycles. The Labute approximate surface area is 45.1 Å². The van der Waals surface area contributed by atoms with Crippen molar-refractivity contribution in [3.63, 3.8) is 0 Å². The molecule has 0 spiro atoms. The zero-order chi connectivity index (χ0) is 6.78. The van der Waals surface area contributed by atoms with Gasteiger partial charge in [0.05, 0.1) is 6.26 Å². The minimum atomic E-state index is -3.99. The van der Waals surface area contributed by atoms with Gasteiger partial charge in [-0.15, -0.1) is 0 Å². The molecular weight excluding hydrogens is 139 g/mol. The standard InChI is InChI=1S/C2H3FO4S/c1-8(5,6)2(4)7-3/h1H3. The molecule has 0 unspecified atom stereocenters. The molecule has 0 rings (SSSR count). The first-order valence-electron chi connectivity index (χ1n) is 1.51. The Hall–Kier alpha value is -0.650. The molecule has 0 aromatic carbocycles. The zero-order valence-corrected chi connectivity index (χ0v) is 4.74. The number of hydrogen-bond acceptors (Lipinski definition) is 4. The van der Waals surface area contributed by atoms with E-state index in [-0.39, 0.29) is 0 Å². The van der Waals surface area contributed by atoms with Crippen molar-refractivity contribution < 1.29 is 22.7 Å². The summed E-state index contributed by atoms with van der Waals surface area (Å²) in [5, 5.41) is -1.86. The molecule has 0 aliphatic heterocycles. The number of sulfone groups is 1. The molecule has 0 amide bonds. The van der Waals surface area contributed by atoms with Crippen LogP contribution in [-0.2, 0) is 14.8 Å². The predicted molar refractivity (Wildman–Crippen MR) is 22.4 cm³/mol. The first kappa shape index (κ1) is 7.35. The molecule has 0 saturated carbocycles. The average Bonchev–Trinajstić information content (AvgIpc) is 1.62. The van der Waals surface area contributed by atoms with Gasteiger partial charge in [0.15, 0.2) is 0 Å². The van der Waals surface area contributed by atoms with Crippen molar-refractivity contribution in [3.8, 4) is 0 Å². The van der Waals surface area contributed by atoms with Crippen LogP contribution in [0.4, 0.5) is 9.32 Å². The number of carbonyl (C=O) groups is 1. The highest BCUT2D eigenvalue weighted by Crippen LogP contribution is 1.90. The minimum Gasteiger partial charge on any atom is -0.237 e. The van der Waals surface area contributed by atoms with Crippen LogP contribution in [0.3, 0.4) is 0 Å². The molecule has 48 valence electrons. The topological polar surface area (TPSA) is 60.4 Å². The van der Waals surface area contributed by atoms with Gasteiger partial charge >= 0.3 is 5.30 Å². The third-order valence-corrected chi connectivity index (χ3v) is 1.03. The van der Waals surface area contributed by atoms with E-state index in [0.29, 0.717) is 6.26 Å². The fraction of sp³-hybridized carbons (Fsp3) is 0.500. The van der Waals surface area contributed by atoms with Crippen LogP contribution in [-0.4, -0.2) is 20.0 Å². The van der Waals surface area contributed by atoms with Crippen LogP contribution in [0, 0.1) is 0 Å². The van der Waals surface area contributed by atoms with Crippen molar-refractivity contribution in [1.82, 2.24) is 0 Å². The lowest BCUT2D eigenvalue weighted by Gasteiger charge is -1.84. The summed E-state index contributed by atoms with van der Waals surface area (Å²) < 4.78 is 30.3. The van der Waals surface area contributed by atoms with Crippen LogP contribution >= 0.6 is 0 Å². The molecule has 0 aliphatic carbocycles. The van der Waals surface area contributed by atoms with Gasteiger partial charge in [0.2, 0.25) is 0 Å². The second-order valence-electron chi connectivity index (χ2n) is 1.10. The second kappa shape index (κ2) is 2.08. The van der Waals surface area contributed by atoms with Crippen molar-refractivity contribution in [3.05, 3.63) is 0 Å². The van der Waals surface area contributed by atoms with E-state index < -0.39 is 15.1 Å². The van der Waals surface area contributed by atoms with Crippen molar-refractivity contribution in [2.75, 3.05) is 6.26 Å². The molecule has 0 aromatic rings. The lowest BCUT2D eigenvalue weighted by molar-refractivity contribution is -0.0474. The van der Waals surface area contributed by atoms with Crippen molar-refractivity contribution in [2.24, 2.45) is 0 Å². The molecule has 0 fully saturated rings. The van der Waals surface area contributed by atoms with Gasteiger partial charge < -0.3 is 0 Å². The summed E-state index contributed by atoms with van der Waals surface area (Å²) in [6, 6.07) is 0. The van der Waals surface area contributed by atoms with Crippen molar-refractivity contribution in [1.29, 1.82) is 0 Å². The van der Waals surface area contributed by atoms with Crippen LogP contribution in [0.15, 0.2) is 0 Å². The van der Waals surface area contributed by atoms with E-state index in [1.807, 2.05) is 0 Å². The molecule has 0 N–H and O–H groups in total. The third kappa shape index (κ3) is 1.87. The molecule has 8 heavy (non-hydrogen) atoms. The lowest BCUT2D eigenvalue weighted by Crippen LogP contribution is -2.09. The second-order valence-corrected chi connectivity index (χ2v) is 2.98.